The molecule has 2 N–H and O–H groups in total. The second kappa shape index (κ2) is 6.28. The molecule has 0 saturated carbocycles. The van der Waals surface area contributed by atoms with E-state index in [1.54, 1.807) is 6.92 Å². The minimum atomic E-state index is -1.69. The third kappa shape index (κ3) is 4.42. The van der Waals surface area contributed by atoms with E-state index >= 15 is 0 Å². The molecule has 0 amide bonds. The summed E-state index contributed by atoms with van der Waals surface area (Å²) < 4.78 is 5.36. The summed E-state index contributed by atoms with van der Waals surface area (Å²) >= 11 is 0. The summed E-state index contributed by atoms with van der Waals surface area (Å²) in [4.78, 5) is 12.0. The number of carbonyl (C=O) groups excluding carboxylic acids is 1. The number of rotatable bonds is 7. The van der Waals surface area contributed by atoms with Gasteiger partial charge in [0, 0.05) is 0 Å². The van der Waals surface area contributed by atoms with Gasteiger partial charge >= 0.3 is 0 Å². The van der Waals surface area contributed by atoms with Crippen molar-refractivity contribution >= 4 is 5.78 Å². The van der Waals surface area contributed by atoms with Gasteiger partial charge in [-0.3, -0.25) is 4.79 Å². The number of benzene rings is 1. The molecular formula is C15H22O4. The molecule has 0 aliphatic rings. The van der Waals surface area contributed by atoms with Crippen LogP contribution >= 0.6 is 0 Å². The molecule has 0 aliphatic heterocycles. The fourth-order valence-corrected chi connectivity index (χ4v) is 1.75. The molecule has 1 aromatic rings. The third-order valence-electron chi connectivity index (χ3n) is 3.16. The second-order valence-electron chi connectivity index (χ2n) is 5.21. The maximum absolute atomic E-state index is 12.0. The van der Waals surface area contributed by atoms with E-state index in [9.17, 15) is 15.0 Å². The third-order valence-corrected chi connectivity index (χ3v) is 3.16. The summed E-state index contributed by atoms with van der Waals surface area (Å²) in [5.74, 6) is -0.615. The highest BCUT2D eigenvalue weighted by Crippen LogP contribution is 2.20. The van der Waals surface area contributed by atoms with Crippen LogP contribution in [0.3, 0.4) is 0 Å². The molecule has 1 rings (SSSR count). The Kier molecular flexibility index (Phi) is 5.23. The van der Waals surface area contributed by atoms with E-state index in [1.165, 1.54) is 13.8 Å². The van der Waals surface area contributed by atoms with Crippen molar-refractivity contribution in [3.8, 4) is 0 Å². The number of hydrogen-bond donors (Lipinski definition) is 2. The Morgan fingerprint density at radius 3 is 2.26 bits per heavy atom. The fraction of sp³-hybridized carbons (Fsp3) is 0.533. The molecule has 0 aliphatic carbocycles. The molecule has 0 spiro atoms. The molecule has 0 heterocycles. The molecule has 1 aromatic carbocycles. The molecule has 2 atom stereocenters. The van der Waals surface area contributed by atoms with Gasteiger partial charge in [-0.2, -0.15) is 0 Å². The minimum Gasteiger partial charge on any atom is -0.382 e. The molecule has 0 unspecified atom stereocenters. The zero-order valence-electron chi connectivity index (χ0n) is 11.7. The first-order chi connectivity index (χ1) is 8.79. The molecule has 19 heavy (non-hydrogen) atoms. The highest BCUT2D eigenvalue weighted by molar-refractivity contribution is 5.93. The molecular weight excluding hydrogens is 244 g/mol. The Hall–Kier alpha value is -1.23. The van der Waals surface area contributed by atoms with E-state index in [0.29, 0.717) is 6.61 Å². The highest BCUT2D eigenvalue weighted by Gasteiger charge is 2.41. The lowest BCUT2D eigenvalue weighted by Crippen LogP contribution is -2.52. The molecule has 0 aromatic heterocycles. The Morgan fingerprint density at radius 1 is 1.16 bits per heavy atom. The number of Topliss-reactive ketones (excluding diaryl/α,β-unsaturated/α-hetero) is 1. The quantitative estimate of drug-likeness (QED) is 0.788. The molecule has 0 saturated heterocycles. The predicted octanol–water partition coefficient (Wildman–Crippen LogP) is 1.68. The van der Waals surface area contributed by atoms with Crippen molar-refractivity contribution in [2.24, 2.45) is 0 Å². The van der Waals surface area contributed by atoms with E-state index in [-0.39, 0.29) is 13.0 Å². The van der Waals surface area contributed by atoms with Crippen molar-refractivity contribution in [3.05, 3.63) is 35.9 Å². The summed E-state index contributed by atoms with van der Waals surface area (Å²) in [5, 5.41) is 20.0. The van der Waals surface area contributed by atoms with Crippen molar-refractivity contribution in [1.82, 2.24) is 0 Å². The molecule has 0 radical (unpaired) electrons. The van der Waals surface area contributed by atoms with Gasteiger partial charge in [-0.05, 0) is 25.8 Å². The molecule has 0 fully saturated rings. The summed E-state index contributed by atoms with van der Waals surface area (Å²) in [6.45, 7) is 4.64. The van der Waals surface area contributed by atoms with Crippen LogP contribution in [0.5, 0.6) is 0 Å². The van der Waals surface area contributed by atoms with Crippen LogP contribution in [0.2, 0.25) is 0 Å². The number of ketones is 1. The van der Waals surface area contributed by atoms with Crippen LogP contribution in [-0.2, 0) is 16.1 Å². The van der Waals surface area contributed by atoms with Gasteiger partial charge in [0.05, 0.1) is 13.2 Å². The molecule has 0 bridgehead atoms. The Balaban J connectivity index is 2.54. The Labute approximate surface area is 114 Å². The lowest BCUT2D eigenvalue weighted by atomic mass is 9.86. The zero-order chi connectivity index (χ0) is 14.5. The van der Waals surface area contributed by atoms with Crippen LogP contribution < -0.4 is 0 Å². The van der Waals surface area contributed by atoms with Gasteiger partial charge in [-0.25, -0.2) is 0 Å². The fourth-order valence-electron chi connectivity index (χ4n) is 1.75. The van der Waals surface area contributed by atoms with E-state index in [0.717, 1.165) is 5.56 Å². The smallest absolute Gasteiger partial charge is 0.197 e. The molecule has 4 nitrogen and oxygen atoms in total. The van der Waals surface area contributed by atoms with Crippen LogP contribution in [0.25, 0.3) is 0 Å². The normalized spacial score (nSPS) is 17.5. The van der Waals surface area contributed by atoms with E-state index < -0.39 is 17.0 Å². The van der Waals surface area contributed by atoms with Crippen molar-refractivity contribution in [2.75, 3.05) is 6.61 Å². The highest BCUT2D eigenvalue weighted by atomic mass is 16.5. The first kappa shape index (κ1) is 15.8. The number of aliphatic hydroxyl groups is 2. The second-order valence-corrected chi connectivity index (χ2v) is 5.21. The maximum atomic E-state index is 12.0. The molecule has 106 valence electrons. The minimum absolute atomic E-state index is 0.142. The predicted molar refractivity (Wildman–Crippen MR) is 72.6 cm³/mol. The first-order valence-electron chi connectivity index (χ1n) is 6.41. The van der Waals surface area contributed by atoms with Crippen molar-refractivity contribution in [1.29, 1.82) is 0 Å². The first-order valence-corrected chi connectivity index (χ1v) is 6.41. The topological polar surface area (TPSA) is 66.8 Å². The van der Waals surface area contributed by atoms with Crippen LogP contribution in [0.1, 0.15) is 32.8 Å². The van der Waals surface area contributed by atoms with E-state index in [2.05, 4.69) is 0 Å². The standard InChI is InChI=1S/C15H22O4/c1-4-14(2,17)13(16)15(3,18)11-19-10-12-8-6-5-7-9-12/h5-9,17-18H,4,10-11H2,1-3H3/t14-,15-/m0/s1. The van der Waals surface area contributed by atoms with Gasteiger partial charge in [0.25, 0.3) is 0 Å². The monoisotopic (exact) mass is 266 g/mol. The van der Waals surface area contributed by atoms with Crippen LogP contribution in [-0.4, -0.2) is 33.8 Å². The van der Waals surface area contributed by atoms with Crippen LogP contribution in [0.15, 0.2) is 30.3 Å². The SMILES string of the molecule is CC[C@](C)(O)C(=O)[C@@](C)(O)COCc1ccccc1. The van der Waals surface area contributed by atoms with Gasteiger partial charge in [0.1, 0.15) is 11.2 Å². The largest absolute Gasteiger partial charge is 0.382 e. The maximum Gasteiger partial charge on any atom is 0.197 e. The van der Waals surface area contributed by atoms with Gasteiger partial charge in [-0.1, -0.05) is 37.3 Å². The van der Waals surface area contributed by atoms with Gasteiger partial charge in [0.2, 0.25) is 0 Å². The molecule has 4 heteroatoms. The zero-order valence-corrected chi connectivity index (χ0v) is 11.7. The average Bonchev–Trinajstić information content (AvgIpc) is 2.39. The number of hydrogen-bond acceptors (Lipinski definition) is 4. The van der Waals surface area contributed by atoms with Gasteiger partial charge < -0.3 is 14.9 Å². The lowest BCUT2D eigenvalue weighted by molar-refractivity contribution is -0.160. The number of ether oxygens (including phenoxy) is 1. The average molecular weight is 266 g/mol. The van der Waals surface area contributed by atoms with Crippen molar-refractivity contribution < 1.29 is 19.7 Å². The van der Waals surface area contributed by atoms with Gasteiger partial charge in [0.15, 0.2) is 5.78 Å². The van der Waals surface area contributed by atoms with Crippen LogP contribution in [0.4, 0.5) is 0 Å². The Morgan fingerprint density at radius 2 is 1.74 bits per heavy atom. The van der Waals surface area contributed by atoms with Crippen molar-refractivity contribution in [3.63, 3.8) is 0 Å². The summed E-state index contributed by atoms with van der Waals surface area (Å²) in [6, 6.07) is 9.49. The van der Waals surface area contributed by atoms with Gasteiger partial charge in [-0.15, -0.1) is 0 Å². The van der Waals surface area contributed by atoms with E-state index in [4.69, 9.17) is 4.74 Å². The van der Waals surface area contributed by atoms with Crippen LogP contribution in [0, 0.1) is 0 Å². The lowest BCUT2D eigenvalue weighted by Gasteiger charge is -2.30. The summed E-state index contributed by atoms with van der Waals surface area (Å²) in [7, 11) is 0. The summed E-state index contributed by atoms with van der Waals surface area (Å²) in [5.41, 5.74) is -2.25. The summed E-state index contributed by atoms with van der Waals surface area (Å²) in [6.07, 6.45) is 0.251. The van der Waals surface area contributed by atoms with Crippen molar-refractivity contribution in [2.45, 2.75) is 45.0 Å². The number of carbonyl (C=O) groups is 1. The Bertz CT molecular complexity index is 409. The van der Waals surface area contributed by atoms with E-state index in [1.807, 2.05) is 30.3 Å².